The van der Waals surface area contributed by atoms with Crippen molar-refractivity contribution in [2.24, 2.45) is 0 Å². The van der Waals surface area contributed by atoms with E-state index in [1.54, 1.807) is 0 Å². The number of carbonyl (C=O) groups is 1. The number of para-hydroxylation sites is 1. The zero-order valence-electron chi connectivity index (χ0n) is 16.1. The Labute approximate surface area is 168 Å². The Balaban J connectivity index is 1.94. The lowest BCUT2D eigenvalue weighted by atomic mass is 10.0. The van der Waals surface area contributed by atoms with Crippen molar-refractivity contribution < 1.29 is 13.7 Å². The third kappa shape index (κ3) is 7.41. The van der Waals surface area contributed by atoms with Gasteiger partial charge in [-0.3, -0.25) is 4.79 Å². The molecule has 0 N–H and O–H groups in total. The topological polar surface area (TPSA) is 38.8 Å². The lowest BCUT2D eigenvalue weighted by Crippen LogP contribution is -2.35. The third-order valence-electron chi connectivity index (χ3n) is 4.37. The van der Waals surface area contributed by atoms with Crippen molar-refractivity contribution in [3.63, 3.8) is 0 Å². The van der Waals surface area contributed by atoms with Crippen LogP contribution in [-0.4, -0.2) is 44.4 Å². The Hall–Kier alpha value is -1.76. The maximum atomic E-state index is 12.7. The summed E-state index contributed by atoms with van der Waals surface area (Å²) in [6, 6.07) is 17.4. The minimum Gasteiger partial charge on any atom is -0.490 e. The second-order valence-corrected chi connectivity index (χ2v) is 6.92. The minimum atomic E-state index is -0.169. The van der Waals surface area contributed by atoms with Gasteiger partial charge >= 0.3 is 0 Å². The number of hydrogen-bond acceptors (Lipinski definition) is 5. The summed E-state index contributed by atoms with van der Waals surface area (Å²) in [6.45, 7) is 4.20. The first-order valence-corrected chi connectivity index (χ1v) is 9.78. The van der Waals surface area contributed by atoms with E-state index < -0.39 is 0 Å². The molecule has 0 saturated heterocycles. The van der Waals surface area contributed by atoms with Crippen LogP contribution in [0.5, 0.6) is 5.75 Å². The first kappa shape index (κ1) is 21.5. The number of aryl methyl sites for hydroxylation is 1. The van der Waals surface area contributed by atoms with Crippen molar-refractivity contribution in [2.75, 3.05) is 19.7 Å². The van der Waals surface area contributed by atoms with Crippen LogP contribution in [-0.2, 0) is 10.6 Å². The van der Waals surface area contributed by atoms with E-state index in [9.17, 15) is 4.79 Å². The Kier molecular flexibility index (Phi) is 9.46. The number of hydrogen-bond donors (Lipinski definition) is 1. The van der Waals surface area contributed by atoms with Crippen LogP contribution in [0.25, 0.3) is 0 Å². The largest absolute Gasteiger partial charge is 0.490 e. The van der Waals surface area contributed by atoms with Crippen molar-refractivity contribution in [1.82, 2.24) is 4.81 Å². The minimum absolute atomic E-state index is 0.0842. The number of Topliss-reactive ketones (excluding diaryl/α,β-unsaturated/α-hetero) is 1. The van der Waals surface area contributed by atoms with Gasteiger partial charge in [-0.1, -0.05) is 49.4 Å². The molecule has 2 aromatic carbocycles. The second-order valence-electron chi connectivity index (χ2n) is 6.71. The number of ether oxygens (including phenoxy) is 1. The summed E-state index contributed by atoms with van der Waals surface area (Å²) >= 11 is 3.97. The molecule has 0 spiro atoms. The van der Waals surface area contributed by atoms with Crippen LogP contribution >= 0.6 is 12.9 Å². The third-order valence-corrected chi connectivity index (χ3v) is 4.66. The van der Waals surface area contributed by atoms with Crippen LogP contribution in [0.15, 0.2) is 54.6 Å². The molecule has 0 heterocycles. The van der Waals surface area contributed by atoms with Crippen LogP contribution in [0, 0.1) is 0 Å². The number of nitrogens with zero attached hydrogens (tertiary/aromatic N) is 1. The number of thiol groups is 1. The van der Waals surface area contributed by atoms with Gasteiger partial charge in [0.2, 0.25) is 0 Å². The molecule has 0 aliphatic rings. The molecule has 0 aromatic heterocycles. The monoisotopic (exact) mass is 385 g/mol. The lowest BCUT2D eigenvalue weighted by Gasteiger charge is -2.23. The Morgan fingerprint density at radius 3 is 2.56 bits per heavy atom. The van der Waals surface area contributed by atoms with Crippen LogP contribution < -0.4 is 4.74 Å². The highest BCUT2D eigenvalue weighted by Crippen LogP contribution is 2.21. The van der Waals surface area contributed by atoms with Gasteiger partial charge in [0.25, 0.3) is 0 Å². The zero-order valence-corrected chi connectivity index (χ0v) is 17.0. The van der Waals surface area contributed by atoms with Gasteiger partial charge in [-0.25, -0.2) is 0 Å². The molecule has 0 aliphatic heterocycles. The summed E-state index contributed by atoms with van der Waals surface area (Å²) in [6.07, 6.45) is 2.08. The van der Waals surface area contributed by atoms with Crippen molar-refractivity contribution in [1.29, 1.82) is 0 Å². The van der Waals surface area contributed by atoms with Gasteiger partial charge in [0.1, 0.15) is 18.5 Å². The van der Waals surface area contributed by atoms with Gasteiger partial charge in [-0.15, -0.1) is 0 Å². The summed E-state index contributed by atoms with van der Waals surface area (Å²) in [5.74, 6) is 0.685. The first-order chi connectivity index (χ1) is 13.1. The molecule has 0 radical (unpaired) electrons. The summed E-state index contributed by atoms with van der Waals surface area (Å²) < 4.78 is 11.2. The molecule has 0 amide bonds. The number of benzene rings is 2. The molecule has 1 atom stereocenters. The van der Waals surface area contributed by atoms with Gasteiger partial charge in [0.15, 0.2) is 13.8 Å². The molecule has 144 valence electrons. The normalized spacial score (nSPS) is 12.1. The smallest absolute Gasteiger partial charge is 0.185 e. The molecule has 6 heteroatoms. The molecule has 0 aliphatic carbocycles. The molecule has 2 aromatic rings. The molecule has 27 heavy (non-hydrogen) atoms. The van der Waals surface area contributed by atoms with Crippen molar-refractivity contribution >= 4 is 26.7 Å². The highest BCUT2D eigenvalue weighted by molar-refractivity contribution is 7.75. The molecule has 0 fully saturated rings. The fourth-order valence-corrected chi connectivity index (χ4v) is 3.11. The zero-order chi connectivity index (χ0) is 19.5. The van der Waals surface area contributed by atoms with Gasteiger partial charge < -0.3 is 13.7 Å². The van der Waals surface area contributed by atoms with E-state index in [4.69, 9.17) is 8.92 Å². The maximum Gasteiger partial charge on any atom is 0.185 e. The Bertz CT molecular complexity index is 699. The van der Waals surface area contributed by atoms with Gasteiger partial charge in [-0.2, -0.15) is 0 Å². The van der Waals surface area contributed by atoms with E-state index in [0.29, 0.717) is 24.3 Å². The summed E-state index contributed by atoms with van der Waals surface area (Å²) in [7, 11) is 2.05. The standard InChI is InChI=1S/C21H28BNO3S/c1-2-14-23(22)15-18(26-27)16-25-21-11-7-6-10-19(21)20(24)13-12-17-8-4-3-5-9-17/h3-11,18,27H,2,12-16,22H2,1H3. The molecule has 2 rings (SSSR count). The summed E-state index contributed by atoms with van der Waals surface area (Å²) in [5.41, 5.74) is 1.78. The van der Waals surface area contributed by atoms with Gasteiger partial charge in [-0.05, 0) is 50.0 Å². The Morgan fingerprint density at radius 2 is 1.85 bits per heavy atom. The van der Waals surface area contributed by atoms with Gasteiger partial charge in [0, 0.05) is 13.0 Å². The summed E-state index contributed by atoms with van der Waals surface area (Å²) in [4.78, 5) is 14.9. The number of carbonyl (C=O) groups excluding carboxylic acids is 1. The highest BCUT2D eigenvalue weighted by atomic mass is 32.1. The maximum absolute atomic E-state index is 12.7. The summed E-state index contributed by atoms with van der Waals surface area (Å²) in [5, 5.41) is 0. The quantitative estimate of drug-likeness (QED) is 0.263. The molecule has 1 unspecified atom stereocenters. The molecule has 0 saturated carbocycles. The fraction of sp³-hybridized carbons (Fsp3) is 0.381. The van der Waals surface area contributed by atoms with Crippen molar-refractivity contribution in [3.05, 3.63) is 65.7 Å². The van der Waals surface area contributed by atoms with E-state index in [0.717, 1.165) is 31.5 Å². The first-order valence-electron chi connectivity index (χ1n) is 9.41. The van der Waals surface area contributed by atoms with Crippen LogP contribution in [0.1, 0.15) is 35.7 Å². The van der Waals surface area contributed by atoms with Crippen molar-refractivity contribution in [3.8, 4) is 5.75 Å². The predicted molar refractivity (Wildman–Crippen MR) is 115 cm³/mol. The molecule has 0 bridgehead atoms. The van der Waals surface area contributed by atoms with Crippen LogP contribution in [0.3, 0.4) is 0 Å². The van der Waals surface area contributed by atoms with Crippen LogP contribution in [0.4, 0.5) is 0 Å². The van der Waals surface area contributed by atoms with Gasteiger partial charge in [0.05, 0.1) is 5.56 Å². The fourth-order valence-electron chi connectivity index (χ4n) is 2.98. The van der Waals surface area contributed by atoms with E-state index in [1.807, 2.05) is 62.6 Å². The molecular formula is C21H28BNO3S. The van der Waals surface area contributed by atoms with E-state index >= 15 is 0 Å². The molecular weight excluding hydrogens is 357 g/mol. The number of ketones is 1. The highest BCUT2D eigenvalue weighted by Gasteiger charge is 2.16. The predicted octanol–water partition coefficient (Wildman–Crippen LogP) is 3.37. The SMILES string of the molecule is BN(CCC)CC(COc1ccccc1C(=O)CCc1ccccc1)OS. The van der Waals surface area contributed by atoms with Crippen molar-refractivity contribution in [2.45, 2.75) is 32.3 Å². The van der Waals surface area contributed by atoms with Crippen LogP contribution in [0.2, 0.25) is 0 Å². The van der Waals surface area contributed by atoms with E-state index in [2.05, 4.69) is 24.6 Å². The number of rotatable bonds is 12. The van der Waals surface area contributed by atoms with E-state index in [1.165, 1.54) is 0 Å². The average Bonchev–Trinajstić information content (AvgIpc) is 2.70. The lowest BCUT2D eigenvalue weighted by molar-refractivity contribution is 0.0971. The second kappa shape index (κ2) is 11.9. The molecule has 4 nitrogen and oxygen atoms in total. The average molecular weight is 385 g/mol. The van der Waals surface area contributed by atoms with E-state index in [-0.39, 0.29) is 11.9 Å². The Morgan fingerprint density at radius 1 is 1.15 bits per heavy atom.